The van der Waals surface area contributed by atoms with E-state index in [2.05, 4.69) is 11.6 Å². The minimum Gasteiger partial charge on any atom is -0.389 e. The van der Waals surface area contributed by atoms with Crippen molar-refractivity contribution < 1.29 is 13.5 Å². The van der Waals surface area contributed by atoms with Gasteiger partial charge in [0.1, 0.15) is 0 Å². The van der Waals surface area contributed by atoms with E-state index in [1.54, 1.807) is 0 Å². The van der Waals surface area contributed by atoms with E-state index >= 15 is 0 Å². The van der Waals surface area contributed by atoms with Crippen LogP contribution < -0.4 is 4.72 Å². The predicted molar refractivity (Wildman–Crippen MR) is 69.3 cm³/mol. The van der Waals surface area contributed by atoms with Gasteiger partial charge in [0.05, 0.1) is 11.4 Å². The molecule has 1 fully saturated rings. The molecule has 0 heterocycles. The molecule has 0 spiro atoms. The van der Waals surface area contributed by atoms with Crippen LogP contribution in [0.2, 0.25) is 0 Å². The molecule has 2 atom stereocenters. The number of hydrogen-bond acceptors (Lipinski definition) is 3. The Hall–Kier alpha value is -0.130. The third-order valence-electron chi connectivity index (χ3n) is 3.46. The molecule has 0 aromatic heterocycles. The van der Waals surface area contributed by atoms with Gasteiger partial charge in [-0.2, -0.15) is 0 Å². The van der Waals surface area contributed by atoms with Crippen molar-refractivity contribution in [3.05, 3.63) is 0 Å². The first kappa shape index (κ1) is 14.9. The lowest BCUT2D eigenvalue weighted by molar-refractivity contribution is -0.00751. The number of aliphatic hydroxyl groups is 1. The molecule has 1 aliphatic rings. The monoisotopic (exact) mass is 263 g/mol. The standard InChI is InChI=1S/C12H25NO3S/c1-3-4-8-17(15,16)13-10-12(14)7-5-6-11(2)9-12/h11,13-14H,3-10H2,1-2H3. The fraction of sp³-hybridized carbons (Fsp3) is 1.00. The summed E-state index contributed by atoms with van der Waals surface area (Å²) in [6.07, 6.45) is 5.04. The molecule has 17 heavy (non-hydrogen) atoms. The van der Waals surface area contributed by atoms with E-state index in [1.165, 1.54) is 0 Å². The molecular weight excluding hydrogens is 238 g/mol. The molecule has 1 saturated carbocycles. The van der Waals surface area contributed by atoms with Gasteiger partial charge in [0.25, 0.3) is 0 Å². The van der Waals surface area contributed by atoms with Crippen LogP contribution in [0.4, 0.5) is 0 Å². The summed E-state index contributed by atoms with van der Waals surface area (Å²) in [5.41, 5.74) is -0.836. The number of hydrogen-bond donors (Lipinski definition) is 2. The highest BCUT2D eigenvalue weighted by Gasteiger charge is 2.33. The van der Waals surface area contributed by atoms with Crippen molar-refractivity contribution in [1.82, 2.24) is 4.72 Å². The first-order valence-electron chi connectivity index (χ1n) is 6.56. The summed E-state index contributed by atoms with van der Waals surface area (Å²) >= 11 is 0. The lowest BCUT2D eigenvalue weighted by Crippen LogP contribution is -2.46. The SMILES string of the molecule is CCCCS(=O)(=O)NCC1(O)CCCC(C)C1. The molecule has 0 bridgehead atoms. The smallest absolute Gasteiger partial charge is 0.211 e. The summed E-state index contributed by atoms with van der Waals surface area (Å²) < 4.78 is 25.8. The van der Waals surface area contributed by atoms with Crippen LogP contribution in [0.25, 0.3) is 0 Å². The van der Waals surface area contributed by atoms with E-state index in [0.29, 0.717) is 25.2 Å². The quantitative estimate of drug-likeness (QED) is 0.765. The number of unbranched alkanes of at least 4 members (excludes halogenated alkanes) is 1. The topological polar surface area (TPSA) is 66.4 Å². The second kappa shape index (κ2) is 6.16. The first-order chi connectivity index (χ1) is 7.87. The molecular formula is C12H25NO3S. The highest BCUT2D eigenvalue weighted by atomic mass is 32.2. The molecule has 2 unspecified atom stereocenters. The van der Waals surface area contributed by atoms with E-state index in [1.807, 2.05) is 6.92 Å². The van der Waals surface area contributed by atoms with Gasteiger partial charge in [-0.05, 0) is 25.2 Å². The maximum absolute atomic E-state index is 11.6. The number of sulfonamides is 1. The second-order valence-electron chi connectivity index (χ2n) is 5.42. The third-order valence-corrected chi connectivity index (χ3v) is 4.87. The van der Waals surface area contributed by atoms with Crippen molar-refractivity contribution in [3.63, 3.8) is 0 Å². The van der Waals surface area contributed by atoms with E-state index < -0.39 is 15.6 Å². The van der Waals surface area contributed by atoms with E-state index in [0.717, 1.165) is 19.3 Å². The van der Waals surface area contributed by atoms with Crippen molar-refractivity contribution in [2.45, 2.75) is 58.0 Å². The van der Waals surface area contributed by atoms with Crippen molar-refractivity contribution >= 4 is 10.0 Å². The zero-order valence-corrected chi connectivity index (χ0v) is 11.7. The van der Waals surface area contributed by atoms with Crippen LogP contribution in [0.5, 0.6) is 0 Å². The average molecular weight is 263 g/mol. The van der Waals surface area contributed by atoms with Crippen LogP contribution >= 0.6 is 0 Å². The summed E-state index contributed by atoms with van der Waals surface area (Å²) in [5, 5.41) is 10.3. The molecule has 0 aromatic rings. The Balaban J connectivity index is 2.43. The normalized spacial score (nSPS) is 30.4. The van der Waals surface area contributed by atoms with E-state index in [9.17, 15) is 13.5 Å². The first-order valence-corrected chi connectivity index (χ1v) is 8.22. The van der Waals surface area contributed by atoms with Crippen LogP contribution in [0.1, 0.15) is 52.4 Å². The van der Waals surface area contributed by atoms with Crippen molar-refractivity contribution in [3.8, 4) is 0 Å². The Kier molecular flexibility index (Phi) is 5.41. The molecule has 102 valence electrons. The number of rotatable bonds is 6. The van der Waals surface area contributed by atoms with Crippen molar-refractivity contribution in [2.24, 2.45) is 5.92 Å². The molecule has 0 aromatic carbocycles. The second-order valence-corrected chi connectivity index (χ2v) is 7.35. The Morgan fingerprint density at radius 2 is 2.18 bits per heavy atom. The van der Waals surface area contributed by atoms with Gasteiger partial charge in [0.2, 0.25) is 10.0 Å². The van der Waals surface area contributed by atoms with Crippen LogP contribution in [0, 0.1) is 5.92 Å². The highest BCUT2D eigenvalue weighted by Crippen LogP contribution is 2.31. The molecule has 4 nitrogen and oxygen atoms in total. The fourth-order valence-corrected chi connectivity index (χ4v) is 3.75. The minimum absolute atomic E-state index is 0.162. The summed E-state index contributed by atoms with van der Waals surface area (Å²) in [6, 6.07) is 0. The maximum Gasteiger partial charge on any atom is 0.211 e. The predicted octanol–water partition coefficient (Wildman–Crippen LogP) is 1.65. The van der Waals surface area contributed by atoms with Gasteiger partial charge >= 0.3 is 0 Å². The van der Waals surface area contributed by atoms with Gasteiger partial charge in [0.15, 0.2) is 0 Å². The van der Waals surface area contributed by atoms with Gasteiger partial charge in [-0.3, -0.25) is 0 Å². The van der Waals surface area contributed by atoms with Crippen LogP contribution in [-0.2, 0) is 10.0 Å². The van der Waals surface area contributed by atoms with Gasteiger partial charge in [0, 0.05) is 6.54 Å². The molecule has 0 aliphatic heterocycles. The minimum atomic E-state index is -3.21. The Labute approximate surface area is 105 Å². The molecule has 2 N–H and O–H groups in total. The van der Waals surface area contributed by atoms with Gasteiger partial charge in [-0.1, -0.05) is 33.1 Å². The number of nitrogens with one attached hydrogen (secondary N) is 1. The molecule has 5 heteroatoms. The fourth-order valence-electron chi connectivity index (χ4n) is 2.44. The average Bonchev–Trinajstić information content (AvgIpc) is 2.24. The van der Waals surface area contributed by atoms with Gasteiger partial charge in [-0.15, -0.1) is 0 Å². The summed E-state index contributed by atoms with van der Waals surface area (Å²) in [4.78, 5) is 0. The van der Waals surface area contributed by atoms with Crippen LogP contribution in [0.15, 0.2) is 0 Å². The van der Waals surface area contributed by atoms with Crippen molar-refractivity contribution in [2.75, 3.05) is 12.3 Å². The van der Waals surface area contributed by atoms with E-state index in [4.69, 9.17) is 0 Å². The lowest BCUT2D eigenvalue weighted by atomic mass is 9.79. The van der Waals surface area contributed by atoms with Gasteiger partial charge < -0.3 is 5.11 Å². The van der Waals surface area contributed by atoms with Crippen LogP contribution in [0.3, 0.4) is 0 Å². The van der Waals surface area contributed by atoms with Crippen LogP contribution in [-0.4, -0.2) is 31.4 Å². The lowest BCUT2D eigenvalue weighted by Gasteiger charge is -2.35. The summed E-state index contributed by atoms with van der Waals surface area (Å²) in [5.74, 6) is 0.642. The van der Waals surface area contributed by atoms with Crippen molar-refractivity contribution in [1.29, 1.82) is 0 Å². The highest BCUT2D eigenvalue weighted by molar-refractivity contribution is 7.89. The summed E-state index contributed by atoms with van der Waals surface area (Å²) in [6.45, 7) is 4.24. The molecule has 1 rings (SSSR count). The largest absolute Gasteiger partial charge is 0.389 e. The van der Waals surface area contributed by atoms with Gasteiger partial charge in [-0.25, -0.2) is 13.1 Å². The molecule has 1 aliphatic carbocycles. The molecule has 0 saturated heterocycles. The Morgan fingerprint density at radius 3 is 2.76 bits per heavy atom. The molecule has 0 radical (unpaired) electrons. The van der Waals surface area contributed by atoms with E-state index in [-0.39, 0.29) is 12.3 Å². The zero-order chi connectivity index (χ0) is 12.9. The molecule has 0 amide bonds. The zero-order valence-electron chi connectivity index (χ0n) is 10.9. The summed E-state index contributed by atoms with van der Waals surface area (Å²) in [7, 11) is -3.21. The Bertz CT molecular complexity index is 329. The third kappa shape index (κ3) is 5.36. The Morgan fingerprint density at radius 1 is 1.47 bits per heavy atom. The maximum atomic E-state index is 11.6.